The number of hydrogen-bond acceptors (Lipinski definition) is 5. The highest BCUT2D eigenvalue weighted by molar-refractivity contribution is 7.55. The van der Waals surface area contributed by atoms with E-state index in [1.165, 1.54) is 0 Å². The summed E-state index contributed by atoms with van der Waals surface area (Å²) in [7, 11) is -3.80. The molecule has 0 bridgehead atoms. The summed E-state index contributed by atoms with van der Waals surface area (Å²) in [6, 6.07) is 31.4. The van der Waals surface area contributed by atoms with Crippen molar-refractivity contribution in [2.75, 3.05) is 0 Å². The molecule has 0 aliphatic heterocycles. The Balaban J connectivity index is 1.69. The molecule has 30 heavy (non-hydrogen) atoms. The van der Waals surface area contributed by atoms with Crippen molar-refractivity contribution in [2.24, 2.45) is 0 Å². The minimum Gasteiger partial charge on any atom is -0.467 e. The molecule has 4 rings (SSSR count). The summed E-state index contributed by atoms with van der Waals surface area (Å²) in [4.78, 5) is 0. The summed E-state index contributed by atoms with van der Waals surface area (Å²) >= 11 is 0. The van der Waals surface area contributed by atoms with Crippen LogP contribution in [0.25, 0.3) is 0 Å². The number of benzene rings is 3. The van der Waals surface area contributed by atoms with Gasteiger partial charge >= 0.3 is 7.60 Å². The summed E-state index contributed by atoms with van der Waals surface area (Å²) in [6.07, 6.45) is 1.54. The van der Waals surface area contributed by atoms with E-state index in [9.17, 15) is 4.57 Å². The molecule has 4 aromatic rings. The van der Waals surface area contributed by atoms with Crippen LogP contribution in [0.1, 0.15) is 17.1 Å². The van der Waals surface area contributed by atoms with Crippen LogP contribution in [0.3, 0.4) is 0 Å². The molecule has 0 aliphatic carbocycles. The van der Waals surface area contributed by atoms with Gasteiger partial charge in [-0.05, 0) is 42.0 Å². The zero-order valence-corrected chi connectivity index (χ0v) is 17.2. The Labute approximate surface area is 175 Å². The lowest BCUT2D eigenvalue weighted by Gasteiger charge is -2.27. The molecular formula is C24H22NO4P. The van der Waals surface area contributed by atoms with Crippen molar-refractivity contribution in [1.82, 2.24) is 5.32 Å². The van der Waals surface area contributed by atoms with Crippen LogP contribution in [0, 0.1) is 0 Å². The van der Waals surface area contributed by atoms with Crippen molar-refractivity contribution in [2.45, 2.75) is 12.3 Å². The van der Waals surface area contributed by atoms with Crippen LogP contribution in [-0.2, 0) is 11.1 Å². The molecule has 6 heteroatoms. The van der Waals surface area contributed by atoms with Gasteiger partial charge in [-0.1, -0.05) is 66.7 Å². The molecule has 1 unspecified atom stereocenters. The Hall–Kier alpha value is -3.27. The zero-order chi connectivity index (χ0) is 20.7. The van der Waals surface area contributed by atoms with Gasteiger partial charge in [0.1, 0.15) is 17.3 Å². The summed E-state index contributed by atoms with van der Waals surface area (Å²) in [6.45, 7) is 0.465. The Morgan fingerprint density at radius 2 is 1.27 bits per heavy atom. The van der Waals surface area contributed by atoms with Gasteiger partial charge in [0, 0.05) is 6.54 Å². The van der Waals surface area contributed by atoms with Crippen LogP contribution in [0.5, 0.6) is 11.5 Å². The largest absolute Gasteiger partial charge is 0.467 e. The summed E-state index contributed by atoms with van der Waals surface area (Å²) in [5.74, 6) is 0.568. The summed E-state index contributed by atoms with van der Waals surface area (Å²) in [5, 5.41) is 3.31. The first-order valence-corrected chi connectivity index (χ1v) is 11.2. The minimum absolute atomic E-state index is 0.454. The normalized spacial score (nSPS) is 12.3. The first-order chi connectivity index (χ1) is 14.7. The number of para-hydroxylation sites is 2. The van der Waals surface area contributed by atoms with Crippen molar-refractivity contribution in [1.29, 1.82) is 0 Å². The maximum absolute atomic E-state index is 14.2. The first-order valence-electron chi connectivity index (χ1n) is 9.63. The molecule has 3 aromatic carbocycles. The SMILES string of the molecule is O=P(Oc1ccccc1)(Oc1ccccc1)C(NCc1ccccc1)c1ccco1. The molecule has 1 N–H and O–H groups in total. The highest BCUT2D eigenvalue weighted by atomic mass is 31.2. The van der Waals surface area contributed by atoms with Crippen LogP contribution in [0.2, 0.25) is 0 Å². The van der Waals surface area contributed by atoms with Gasteiger partial charge in [-0.15, -0.1) is 0 Å². The number of furan rings is 1. The lowest BCUT2D eigenvalue weighted by atomic mass is 10.2. The molecular weight excluding hydrogens is 397 g/mol. The average Bonchev–Trinajstić information content (AvgIpc) is 3.30. The average molecular weight is 419 g/mol. The third-order valence-corrected chi connectivity index (χ3v) is 6.42. The van der Waals surface area contributed by atoms with Crippen LogP contribution in [0.4, 0.5) is 0 Å². The Bertz CT molecular complexity index is 1020. The van der Waals surface area contributed by atoms with Crippen molar-refractivity contribution >= 4 is 7.60 Å². The molecule has 1 aromatic heterocycles. The second-order valence-electron chi connectivity index (χ2n) is 6.63. The van der Waals surface area contributed by atoms with E-state index in [0.29, 0.717) is 23.8 Å². The molecule has 5 nitrogen and oxygen atoms in total. The van der Waals surface area contributed by atoms with E-state index in [2.05, 4.69) is 5.32 Å². The van der Waals surface area contributed by atoms with Crippen molar-refractivity contribution < 1.29 is 18.0 Å². The molecule has 0 amide bonds. The van der Waals surface area contributed by atoms with Crippen LogP contribution >= 0.6 is 7.60 Å². The molecule has 0 fully saturated rings. The van der Waals surface area contributed by atoms with Gasteiger partial charge in [0.15, 0.2) is 5.78 Å². The van der Waals surface area contributed by atoms with Gasteiger partial charge < -0.3 is 13.5 Å². The van der Waals surface area contributed by atoms with E-state index < -0.39 is 13.4 Å². The van der Waals surface area contributed by atoms with E-state index in [4.69, 9.17) is 13.5 Å². The molecule has 0 radical (unpaired) electrons. The smallest absolute Gasteiger partial charge is 0.455 e. The summed E-state index contributed by atoms with van der Waals surface area (Å²) in [5.41, 5.74) is 1.04. The highest BCUT2D eigenvalue weighted by Gasteiger charge is 2.42. The van der Waals surface area contributed by atoms with E-state index in [1.54, 1.807) is 42.7 Å². The molecule has 0 spiro atoms. The van der Waals surface area contributed by atoms with Crippen molar-refractivity contribution in [3.8, 4) is 11.5 Å². The van der Waals surface area contributed by atoms with Gasteiger partial charge in [-0.25, -0.2) is 4.57 Å². The summed E-state index contributed by atoms with van der Waals surface area (Å²) < 4.78 is 31.8. The monoisotopic (exact) mass is 419 g/mol. The fourth-order valence-corrected chi connectivity index (χ4v) is 4.86. The Morgan fingerprint density at radius 1 is 0.733 bits per heavy atom. The predicted octanol–water partition coefficient (Wildman–Crippen LogP) is 6.42. The third-order valence-electron chi connectivity index (χ3n) is 4.42. The maximum atomic E-state index is 14.2. The van der Waals surface area contributed by atoms with E-state index in [0.717, 1.165) is 5.56 Å². The second-order valence-corrected chi connectivity index (χ2v) is 8.59. The highest BCUT2D eigenvalue weighted by Crippen LogP contribution is 2.59. The topological polar surface area (TPSA) is 60.7 Å². The van der Waals surface area contributed by atoms with Gasteiger partial charge in [0.2, 0.25) is 0 Å². The fourth-order valence-electron chi connectivity index (χ4n) is 3.01. The standard InChI is InChI=1S/C24H22NO4P/c26-30(28-21-13-6-2-7-14-21,29-22-15-8-3-9-16-22)24(23-17-10-18-27-23)25-19-20-11-4-1-5-12-20/h1-18,24-25H,19H2. The fraction of sp³-hybridized carbons (Fsp3) is 0.0833. The van der Waals surface area contributed by atoms with Gasteiger partial charge in [0.25, 0.3) is 0 Å². The molecule has 152 valence electrons. The molecule has 0 aliphatic rings. The van der Waals surface area contributed by atoms with Crippen LogP contribution < -0.4 is 14.4 Å². The third kappa shape index (κ3) is 5.01. The molecule has 1 heterocycles. The number of rotatable bonds is 9. The lowest BCUT2D eigenvalue weighted by Crippen LogP contribution is -2.25. The predicted molar refractivity (Wildman–Crippen MR) is 116 cm³/mol. The van der Waals surface area contributed by atoms with Crippen LogP contribution in [-0.4, -0.2) is 0 Å². The van der Waals surface area contributed by atoms with E-state index >= 15 is 0 Å². The van der Waals surface area contributed by atoms with Crippen molar-refractivity contribution in [3.05, 3.63) is 121 Å². The quantitative estimate of drug-likeness (QED) is 0.317. The molecule has 0 saturated carbocycles. The minimum atomic E-state index is -3.80. The van der Waals surface area contributed by atoms with E-state index in [-0.39, 0.29) is 0 Å². The maximum Gasteiger partial charge on any atom is 0.455 e. The zero-order valence-electron chi connectivity index (χ0n) is 16.3. The Morgan fingerprint density at radius 3 is 1.77 bits per heavy atom. The van der Waals surface area contributed by atoms with Gasteiger partial charge in [-0.2, -0.15) is 0 Å². The van der Waals surface area contributed by atoms with E-state index in [1.807, 2.05) is 66.7 Å². The van der Waals surface area contributed by atoms with Gasteiger partial charge in [0.05, 0.1) is 6.26 Å². The second kappa shape index (κ2) is 9.49. The van der Waals surface area contributed by atoms with Gasteiger partial charge in [-0.3, -0.25) is 5.32 Å². The number of nitrogens with one attached hydrogen (secondary N) is 1. The number of hydrogen-bond donors (Lipinski definition) is 1. The Kier molecular flexibility index (Phi) is 6.33. The lowest BCUT2D eigenvalue weighted by molar-refractivity contribution is 0.345. The first kappa shape index (κ1) is 20.0. The van der Waals surface area contributed by atoms with Crippen LogP contribution in [0.15, 0.2) is 114 Å². The molecule has 0 saturated heterocycles. The molecule has 1 atom stereocenters. The van der Waals surface area contributed by atoms with Crippen molar-refractivity contribution in [3.63, 3.8) is 0 Å².